The van der Waals surface area contributed by atoms with Crippen molar-refractivity contribution in [3.05, 3.63) is 35.4 Å². The van der Waals surface area contributed by atoms with Crippen LogP contribution in [0.2, 0.25) is 0 Å². The van der Waals surface area contributed by atoms with Crippen molar-refractivity contribution in [2.75, 3.05) is 18.6 Å². The standard InChI is InChI=1S/C14H18F3NO2S/c1-21-7-3-6-13(20)18-9-12(19)10-4-2-5-11(8-10)14(15,16)17/h2,4-5,8,12,19H,3,6-7,9H2,1H3,(H,18,20). The number of hydrogen-bond acceptors (Lipinski definition) is 3. The highest BCUT2D eigenvalue weighted by molar-refractivity contribution is 7.98. The number of nitrogens with one attached hydrogen (secondary N) is 1. The number of hydrogen-bond donors (Lipinski definition) is 2. The summed E-state index contributed by atoms with van der Waals surface area (Å²) >= 11 is 1.63. The van der Waals surface area contributed by atoms with E-state index in [-0.39, 0.29) is 18.0 Å². The van der Waals surface area contributed by atoms with Crippen molar-refractivity contribution in [1.29, 1.82) is 0 Å². The molecule has 3 nitrogen and oxygen atoms in total. The van der Waals surface area contributed by atoms with Crippen LogP contribution in [-0.4, -0.2) is 29.6 Å². The van der Waals surface area contributed by atoms with Crippen LogP contribution in [0.3, 0.4) is 0 Å². The molecule has 1 aromatic carbocycles. The van der Waals surface area contributed by atoms with E-state index < -0.39 is 17.8 Å². The number of alkyl halides is 3. The van der Waals surface area contributed by atoms with Crippen LogP contribution in [0.1, 0.15) is 30.1 Å². The van der Waals surface area contributed by atoms with E-state index in [0.29, 0.717) is 6.42 Å². The third-order valence-electron chi connectivity index (χ3n) is 2.84. The first-order valence-electron chi connectivity index (χ1n) is 6.45. The number of rotatable bonds is 7. The van der Waals surface area contributed by atoms with Crippen LogP contribution < -0.4 is 5.32 Å². The van der Waals surface area contributed by atoms with Crippen LogP contribution in [0.15, 0.2) is 24.3 Å². The first-order valence-corrected chi connectivity index (χ1v) is 7.85. The summed E-state index contributed by atoms with van der Waals surface area (Å²) in [5, 5.41) is 12.4. The van der Waals surface area contributed by atoms with E-state index in [0.717, 1.165) is 24.3 Å². The minimum Gasteiger partial charge on any atom is -0.387 e. The molecule has 7 heteroatoms. The second kappa shape index (κ2) is 8.29. The number of thioether (sulfide) groups is 1. The zero-order chi connectivity index (χ0) is 15.9. The summed E-state index contributed by atoms with van der Waals surface area (Å²) < 4.78 is 37.7. The second-order valence-corrected chi connectivity index (χ2v) is 5.53. The fourth-order valence-electron chi connectivity index (χ4n) is 1.72. The van der Waals surface area contributed by atoms with Crippen LogP contribution in [0.4, 0.5) is 13.2 Å². The maximum Gasteiger partial charge on any atom is 0.416 e. The van der Waals surface area contributed by atoms with E-state index in [2.05, 4.69) is 5.32 Å². The lowest BCUT2D eigenvalue weighted by atomic mass is 10.1. The Hall–Kier alpha value is -1.21. The average Bonchev–Trinajstić information content (AvgIpc) is 2.44. The molecular weight excluding hydrogens is 303 g/mol. The van der Waals surface area contributed by atoms with Crippen molar-refractivity contribution < 1.29 is 23.1 Å². The van der Waals surface area contributed by atoms with Gasteiger partial charge in [-0.3, -0.25) is 4.79 Å². The molecule has 0 aliphatic heterocycles. The Morgan fingerprint density at radius 2 is 2.14 bits per heavy atom. The van der Waals surface area contributed by atoms with Gasteiger partial charge in [-0.15, -0.1) is 0 Å². The monoisotopic (exact) mass is 321 g/mol. The second-order valence-electron chi connectivity index (χ2n) is 4.54. The van der Waals surface area contributed by atoms with Gasteiger partial charge in [-0.05, 0) is 36.1 Å². The lowest BCUT2D eigenvalue weighted by molar-refractivity contribution is -0.137. The maximum atomic E-state index is 12.6. The summed E-state index contributed by atoms with van der Waals surface area (Å²) in [6, 6.07) is 4.48. The fraction of sp³-hybridized carbons (Fsp3) is 0.500. The van der Waals surface area contributed by atoms with Gasteiger partial charge in [0.25, 0.3) is 0 Å². The van der Waals surface area contributed by atoms with Crippen LogP contribution in [0.5, 0.6) is 0 Å². The first kappa shape index (κ1) is 17.8. The molecule has 1 amide bonds. The molecule has 118 valence electrons. The summed E-state index contributed by atoms with van der Waals surface area (Å²) in [6.07, 6.45) is -2.59. The topological polar surface area (TPSA) is 49.3 Å². The number of aliphatic hydroxyl groups is 1. The van der Waals surface area contributed by atoms with Gasteiger partial charge in [0.1, 0.15) is 0 Å². The molecule has 0 radical (unpaired) electrons. The molecule has 2 N–H and O–H groups in total. The van der Waals surface area contributed by atoms with Gasteiger partial charge in [0.05, 0.1) is 11.7 Å². The van der Waals surface area contributed by atoms with Crippen LogP contribution >= 0.6 is 11.8 Å². The Kier molecular flexibility index (Phi) is 7.04. The van der Waals surface area contributed by atoms with Gasteiger partial charge in [0.15, 0.2) is 0 Å². The average molecular weight is 321 g/mol. The van der Waals surface area contributed by atoms with Crippen LogP contribution in [-0.2, 0) is 11.0 Å². The highest BCUT2D eigenvalue weighted by Crippen LogP contribution is 2.30. The van der Waals surface area contributed by atoms with E-state index in [4.69, 9.17) is 0 Å². The normalized spacial score (nSPS) is 13.0. The zero-order valence-electron chi connectivity index (χ0n) is 11.6. The Bertz CT molecular complexity index is 466. The van der Waals surface area contributed by atoms with Gasteiger partial charge in [-0.2, -0.15) is 24.9 Å². The third-order valence-corrected chi connectivity index (χ3v) is 3.54. The smallest absolute Gasteiger partial charge is 0.387 e. The minimum atomic E-state index is -4.45. The lowest BCUT2D eigenvalue weighted by Gasteiger charge is -2.14. The highest BCUT2D eigenvalue weighted by atomic mass is 32.2. The molecule has 1 rings (SSSR count). The SMILES string of the molecule is CSCCCC(=O)NCC(O)c1cccc(C(F)(F)F)c1. The molecule has 0 saturated carbocycles. The Morgan fingerprint density at radius 3 is 2.76 bits per heavy atom. The molecule has 0 aliphatic rings. The van der Waals surface area contributed by atoms with Gasteiger partial charge < -0.3 is 10.4 Å². The molecule has 1 unspecified atom stereocenters. The summed E-state index contributed by atoms with van der Waals surface area (Å²) in [4.78, 5) is 11.5. The molecule has 0 fully saturated rings. The van der Waals surface area contributed by atoms with Crippen molar-refractivity contribution in [3.63, 3.8) is 0 Å². The van der Waals surface area contributed by atoms with Gasteiger partial charge in [-0.25, -0.2) is 0 Å². The first-order chi connectivity index (χ1) is 9.84. The minimum absolute atomic E-state index is 0.0978. The van der Waals surface area contributed by atoms with Crippen molar-refractivity contribution in [3.8, 4) is 0 Å². The molecule has 0 spiro atoms. The maximum absolute atomic E-state index is 12.6. The van der Waals surface area contributed by atoms with Gasteiger partial charge in [0.2, 0.25) is 5.91 Å². The largest absolute Gasteiger partial charge is 0.416 e. The zero-order valence-corrected chi connectivity index (χ0v) is 12.4. The number of halogens is 3. The van der Waals surface area contributed by atoms with E-state index in [1.165, 1.54) is 12.1 Å². The van der Waals surface area contributed by atoms with Gasteiger partial charge >= 0.3 is 6.18 Å². The predicted octanol–water partition coefficient (Wildman–Crippen LogP) is 3.00. The number of amides is 1. The van der Waals surface area contributed by atoms with Crippen molar-refractivity contribution in [2.45, 2.75) is 25.1 Å². The van der Waals surface area contributed by atoms with E-state index >= 15 is 0 Å². The molecule has 0 aliphatic carbocycles. The van der Waals surface area contributed by atoms with Crippen molar-refractivity contribution >= 4 is 17.7 Å². The molecule has 1 atom stereocenters. The molecular formula is C14H18F3NO2S. The highest BCUT2D eigenvalue weighted by Gasteiger charge is 2.30. The van der Waals surface area contributed by atoms with Gasteiger partial charge in [-0.1, -0.05) is 12.1 Å². The van der Waals surface area contributed by atoms with Crippen molar-refractivity contribution in [1.82, 2.24) is 5.32 Å². The number of benzene rings is 1. The lowest BCUT2D eigenvalue weighted by Crippen LogP contribution is -2.28. The van der Waals surface area contributed by atoms with Crippen LogP contribution in [0, 0.1) is 0 Å². The predicted molar refractivity (Wildman–Crippen MR) is 77.0 cm³/mol. The summed E-state index contributed by atoms with van der Waals surface area (Å²) in [6.45, 7) is -0.0978. The molecule has 1 aromatic rings. The number of aliphatic hydroxyl groups excluding tert-OH is 1. The van der Waals surface area contributed by atoms with E-state index in [1.807, 2.05) is 6.26 Å². The Morgan fingerprint density at radius 1 is 1.43 bits per heavy atom. The van der Waals surface area contributed by atoms with E-state index in [9.17, 15) is 23.1 Å². The third kappa shape index (κ3) is 6.39. The van der Waals surface area contributed by atoms with Crippen molar-refractivity contribution in [2.24, 2.45) is 0 Å². The molecule has 0 aromatic heterocycles. The Labute approximate surface area is 125 Å². The summed E-state index contributed by atoms with van der Waals surface area (Å²) in [5.74, 6) is 0.652. The quantitative estimate of drug-likeness (QED) is 0.759. The van der Waals surface area contributed by atoms with Crippen LogP contribution in [0.25, 0.3) is 0 Å². The summed E-state index contributed by atoms with van der Waals surface area (Å²) in [5.41, 5.74) is -0.681. The fourth-order valence-corrected chi connectivity index (χ4v) is 2.15. The van der Waals surface area contributed by atoms with E-state index in [1.54, 1.807) is 11.8 Å². The number of carbonyl (C=O) groups excluding carboxylic acids is 1. The number of carbonyl (C=O) groups is 1. The summed E-state index contributed by atoms with van der Waals surface area (Å²) in [7, 11) is 0. The molecule has 0 bridgehead atoms. The van der Waals surface area contributed by atoms with Gasteiger partial charge in [0, 0.05) is 13.0 Å². The Balaban J connectivity index is 2.52. The molecule has 0 saturated heterocycles. The molecule has 21 heavy (non-hydrogen) atoms. The molecule has 0 heterocycles.